The number of nitrogens with two attached hydrogens (primary N) is 1. The first-order valence-electron chi connectivity index (χ1n) is 3.98. The third kappa shape index (κ3) is 1.64. The van der Waals surface area contributed by atoms with Crippen molar-refractivity contribution in [2.75, 3.05) is 13.1 Å². The second-order valence-electron chi connectivity index (χ2n) is 3.13. The molecule has 12 heavy (non-hydrogen) atoms. The maximum Gasteiger partial charge on any atom is 0.410 e. The van der Waals surface area contributed by atoms with E-state index >= 15 is 0 Å². The van der Waals surface area contributed by atoms with Crippen molar-refractivity contribution in [1.29, 1.82) is 0 Å². The molecular formula is C7H13ClN2O2. The van der Waals surface area contributed by atoms with Gasteiger partial charge >= 0.3 is 6.09 Å². The maximum absolute atomic E-state index is 11.1. The molecule has 4 nitrogen and oxygen atoms in total. The summed E-state index contributed by atoms with van der Waals surface area (Å²) in [6.07, 6.45) is 2.02. The number of hydrogen-bond donors (Lipinski definition) is 1. The van der Waals surface area contributed by atoms with Crippen molar-refractivity contribution in [2.24, 2.45) is 5.73 Å². The molecule has 2 N–H and O–H groups in total. The van der Waals surface area contributed by atoms with Gasteiger partial charge in [-0.1, -0.05) is 0 Å². The standard InChI is InChI=1S/C7H12N2O2.ClH/c8-3-6-4-9(5-1-2-5)7(10)11-6;/h5-6H,1-4,8H2;1H. The Bertz CT molecular complexity index is 184. The highest BCUT2D eigenvalue weighted by molar-refractivity contribution is 5.85. The topological polar surface area (TPSA) is 55.6 Å². The molecule has 70 valence electrons. The Morgan fingerprint density at radius 2 is 2.25 bits per heavy atom. The van der Waals surface area contributed by atoms with E-state index in [1.807, 2.05) is 0 Å². The van der Waals surface area contributed by atoms with Gasteiger partial charge in [-0.3, -0.25) is 0 Å². The summed E-state index contributed by atoms with van der Waals surface area (Å²) >= 11 is 0. The van der Waals surface area contributed by atoms with E-state index in [1.165, 1.54) is 0 Å². The van der Waals surface area contributed by atoms with Crippen LogP contribution < -0.4 is 5.73 Å². The minimum atomic E-state index is -0.178. The predicted molar refractivity (Wildman–Crippen MR) is 46.3 cm³/mol. The molecule has 0 radical (unpaired) electrons. The molecule has 1 saturated carbocycles. The molecule has 1 amide bonds. The lowest BCUT2D eigenvalue weighted by molar-refractivity contribution is 0.134. The van der Waals surface area contributed by atoms with Crippen LogP contribution in [0.1, 0.15) is 12.8 Å². The van der Waals surface area contributed by atoms with Crippen LogP contribution in [-0.2, 0) is 4.74 Å². The minimum Gasteiger partial charge on any atom is -0.443 e. The maximum atomic E-state index is 11.1. The molecule has 1 saturated heterocycles. The summed E-state index contributed by atoms with van der Waals surface area (Å²) in [5, 5.41) is 0. The van der Waals surface area contributed by atoms with Crippen LogP contribution in [0.3, 0.4) is 0 Å². The quantitative estimate of drug-likeness (QED) is 0.687. The lowest BCUT2D eigenvalue weighted by Crippen LogP contribution is -2.29. The highest BCUT2D eigenvalue weighted by Gasteiger charge is 2.40. The number of nitrogens with zero attached hydrogens (tertiary/aromatic N) is 1. The van der Waals surface area contributed by atoms with Gasteiger partial charge in [0.25, 0.3) is 0 Å². The Hall–Kier alpha value is -0.480. The first kappa shape index (κ1) is 9.61. The monoisotopic (exact) mass is 192 g/mol. The molecule has 2 rings (SSSR count). The third-order valence-corrected chi connectivity index (χ3v) is 2.15. The van der Waals surface area contributed by atoms with E-state index in [-0.39, 0.29) is 24.6 Å². The van der Waals surface area contributed by atoms with Gasteiger partial charge in [-0.25, -0.2) is 4.79 Å². The first-order valence-corrected chi connectivity index (χ1v) is 3.98. The summed E-state index contributed by atoms with van der Waals surface area (Å²) < 4.78 is 4.99. The molecule has 1 aliphatic heterocycles. The van der Waals surface area contributed by atoms with E-state index < -0.39 is 0 Å². The number of rotatable bonds is 2. The predicted octanol–water partition coefficient (Wildman–Crippen LogP) is 0.350. The Balaban J connectivity index is 0.000000720. The van der Waals surface area contributed by atoms with Crippen molar-refractivity contribution in [2.45, 2.75) is 25.0 Å². The van der Waals surface area contributed by atoms with Crippen LogP contribution in [0, 0.1) is 0 Å². The number of cyclic esters (lactones) is 1. The average Bonchev–Trinajstić information content (AvgIpc) is 2.76. The van der Waals surface area contributed by atoms with Gasteiger partial charge in [0.2, 0.25) is 0 Å². The Kier molecular flexibility index (Phi) is 2.80. The van der Waals surface area contributed by atoms with Gasteiger partial charge in [-0.05, 0) is 12.8 Å². The zero-order valence-electron chi connectivity index (χ0n) is 6.73. The van der Waals surface area contributed by atoms with Crippen molar-refractivity contribution >= 4 is 18.5 Å². The Morgan fingerprint density at radius 1 is 1.58 bits per heavy atom. The number of ether oxygens (including phenoxy) is 1. The molecule has 5 heteroatoms. The van der Waals surface area contributed by atoms with Crippen molar-refractivity contribution < 1.29 is 9.53 Å². The molecule has 2 aliphatic rings. The van der Waals surface area contributed by atoms with Gasteiger partial charge < -0.3 is 15.4 Å². The first-order chi connectivity index (χ1) is 5.31. The molecule has 1 aliphatic carbocycles. The number of carbonyl (C=O) groups excluding carboxylic acids is 1. The van der Waals surface area contributed by atoms with Gasteiger partial charge in [-0.15, -0.1) is 12.4 Å². The molecule has 0 aromatic carbocycles. The van der Waals surface area contributed by atoms with Crippen LogP contribution in [-0.4, -0.2) is 36.2 Å². The van der Waals surface area contributed by atoms with E-state index in [1.54, 1.807) is 4.90 Å². The summed E-state index contributed by atoms with van der Waals surface area (Å²) in [4.78, 5) is 12.9. The molecule has 2 fully saturated rings. The van der Waals surface area contributed by atoms with Crippen LogP contribution in [0.5, 0.6) is 0 Å². The zero-order valence-corrected chi connectivity index (χ0v) is 7.55. The Labute approximate surface area is 77.4 Å². The van der Waals surface area contributed by atoms with E-state index in [4.69, 9.17) is 10.5 Å². The van der Waals surface area contributed by atoms with Crippen LogP contribution in [0.4, 0.5) is 4.79 Å². The molecule has 0 aromatic heterocycles. The molecular weight excluding hydrogens is 180 g/mol. The van der Waals surface area contributed by atoms with E-state index in [2.05, 4.69) is 0 Å². The van der Waals surface area contributed by atoms with Crippen LogP contribution in [0.15, 0.2) is 0 Å². The van der Waals surface area contributed by atoms with E-state index in [0.29, 0.717) is 19.1 Å². The summed E-state index contributed by atoms with van der Waals surface area (Å²) in [6.45, 7) is 1.13. The van der Waals surface area contributed by atoms with E-state index in [9.17, 15) is 4.79 Å². The third-order valence-electron chi connectivity index (χ3n) is 2.15. The fraction of sp³-hybridized carbons (Fsp3) is 0.857. The fourth-order valence-corrected chi connectivity index (χ4v) is 1.35. The van der Waals surface area contributed by atoms with Crippen molar-refractivity contribution in [3.05, 3.63) is 0 Å². The number of carbonyl (C=O) groups is 1. The van der Waals surface area contributed by atoms with Crippen LogP contribution in [0.2, 0.25) is 0 Å². The second-order valence-corrected chi connectivity index (χ2v) is 3.13. The normalized spacial score (nSPS) is 28.2. The lowest BCUT2D eigenvalue weighted by atomic mass is 10.3. The summed E-state index contributed by atoms with van der Waals surface area (Å²) in [6, 6.07) is 0.457. The average molecular weight is 193 g/mol. The summed E-state index contributed by atoms with van der Waals surface area (Å²) in [7, 11) is 0. The van der Waals surface area contributed by atoms with E-state index in [0.717, 1.165) is 12.8 Å². The minimum absolute atomic E-state index is 0. The van der Waals surface area contributed by atoms with Gasteiger partial charge in [0.15, 0.2) is 0 Å². The van der Waals surface area contributed by atoms with Crippen molar-refractivity contribution in [3.63, 3.8) is 0 Å². The highest BCUT2D eigenvalue weighted by Crippen LogP contribution is 2.30. The van der Waals surface area contributed by atoms with Crippen molar-refractivity contribution in [1.82, 2.24) is 4.90 Å². The summed E-state index contributed by atoms with van der Waals surface area (Å²) in [5.74, 6) is 0. The molecule has 0 aromatic rings. The van der Waals surface area contributed by atoms with Gasteiger partial charge in [-0.2, -0.15) is 0 Å². The van der Waals surface area contributed by atoms with Gasteiger partial charge in [0.05, 0.1) is 6.54 Å². The SMILES string of the molecule is Cl.NCC1CN(C2CC2)C(=O)O1. The number of halogens is 1. The highest BCUT2D eigenvalue weighted by atomic mass is 35.5. The molecule has 1 unspecified atom stereocenters. The Morgan fingerprint density at radius 3 is 2.67 bits per heavy atom. The lowest BCUT2D eigenvalue weighted by Gasteiger charge is -2.09. The zero-order chi connectivity index (χ0) is 7.84. The molecule has 0 spiro atoms. The smallest absolute Gasteiger partial charge is 0.410 e. The molecule has 1 atom stereocenters. The fourth-order valence-electron chi connectivity index (χ4n) is 1.35. The second kappa shape index (κ2) is 3.49. The number of hydrogen-bond acceptors (Lipinski definition) is 3. The molecule has 0 bridgehead atoms. The van der Waals surface area contributed by atoms with Crippen LogP contribution >= 0.6 is 12.4 Å². The summed E-state index contributed by atoms with van der Waals surface area (Å²) in [5.41, 5.74) is 5.37. The van der Waals surface area contributed by atoms with Crippen LogP contribution in [0.25, 0.3) is 0 Å². The van der Waals surface area contributed by atoms with Gasteiger partial charge in [0.1, 0.15) is 6.10 Å². The van der Waals surface area contributed by atoms with Gasteiger partial charge in [0, 0.05) is 12.6 Å². The number of amides is 1. The molecule has 1 heterocycles. The van der Waals surface area contributed by atoms with Crippen molar-refractivity contribution in [3.8, 4) is 0 Å². The largest absolute Gasteiger partial charge is 0.443 e.